The maximum absolute atomic E-state index is 12.9. The maximum Gasteiger partial charge on any atom is 0.196 e. The molecule has 0 aromatic rings. The fourth-order valence-corrected chi connectivity index (χ4v) is 5.46. The Morgan fingerprint density at radius 1 is 1.41 bits per heavy atom. The van der Waals surface area contributed by atoms with Crippen LogP contribution in [0.15, 0.2) is 23.0 Å². The molecule has 0 aromatic carbocycles. The molecule has 2 heterocycles. The number of carbonyl (C=O) groups excluding carboxylic acids is 1. The Morgan fingerprint density at radius 3 is 2.85 bits per heavy atom. The number of fused-ring (bicyclic) bond motifs is 4. The third-order valence-electron chi connectivity index (χ3n) is 7.13. The summed E-state index contributed by atoms with van der Waals surface area (Å²) in [4.78, 5) is 12.9. The summed E-state index contributed by atoms with van der Waals surface area (Å²) in [5.41, 5.74) is -0.313. The lowest BCUT2D eigenvalue weighted by atomic mass is 9.72. The van der Waals surface area contributed by atoms with Crippen LogP contribution in [-0.2, 0) is 14.3 Å². The topological polar surface area (TPSA) is 76.0 Å². The van der Waals surface area contributed by atoms with E-state index in [0.717, 1.165) is 25.7 Å². The minimum Gasteiger partial charge on any atom is -0.488 e. The SMILES string of the molecule is C/C(=C/CCC(C)(C)O)[C@@H]1CC[C@@]2(C)OC3=C(C[C@@H]12)C(=O)[C@]1(O)CO[C@H]3C1. The van der Waals surface area contributed by atoms with Gasteiger partial charge in [0.1, 0.15) is 17.5 Å². The quantitative estimate of drug-likeness (QED) is 0.738. The van der Waals surface area contributed by atoms with Crippen molar-refractivity contribution >= 4 is 5.78 Å². The molecule has 2 aliphatic carbocycles. The summed E-state index contributed by atoms with van der Waals surface area (Å²) in [6.07, 6.45) is 6.52. The Labute approximate surface area is 161 Å². The number of hydrogen-bond donors (Lipinski definition) is 2. The number of ketones is 1. The molecule has 0 unspecified atom stereocenters. The molecule has 5 nitrogen and oxygen atoms in total. The van der Waals surface area contributed by atoms with Crippen molar-refractivity contribution in [1.82, 2.24) is 0 Å². The van der Waals surface area contributed by atoms with E-state index < -0.39 is 11.2 Å². The number of aliphatic hydroxyl groups is 2. The zero-order valence-electron chi connectivity index (χ0n) is 16.9. The Morgan fingerprint density at radius 2 is 2.15 bits per heavy atom. The lowest BCUT2D eigenvalue weighted by Gasteiger charge is -2.44. The molecular formula is C22H32O5. The van der Waals surface area contributed by atoms with Crippen LogP contribution < -0.4 is 0 Å². The van der Waals surface area contributed by atoms with Gasteiger partial charge in [-0.05, 0) is 65.7 Å². The summed E-state index contributed by atoms with van der Waals surface area (Å²) in [5.74, 6) is 1.10. The van der Waals surface area contributed by atoms with Gasteiger partial charge in [0.2, 0.25) is 0 Å². The Bertz CT molecular complexity index is 715. The number of Topliss-reactive ketones (excluding diaryl/α,β-unsaturated/α-hetero) is 1. The van der Waals surface area contributed by atoms with Crippen molar-refractivity contribution in [3.63, 3.8) is 0 Å². The van der Waals surface area contributed by atoms with Gasteiger partial charge >= 0.3 is 0 Å². The second-order valence-corrected chi connectivity index (χ2v) is 9.88. The molecule has 1 saturated heterocycles. The zero-order chi connectivity index (χ0) is 19.6. The monoisotopic (exact) mass is 376 g/mol. The van der Waals surface area contributed by atoms with Crippen LogP contribution in [0, 0.1) is 11.8 Å². The standard InChI is InChI=1S/C22H32O5/c1-13(6-5-8-20(2,3)24)14-7-9-21(4)16(14)10-15-18(27-21)17-11-22(25,12-26-17)19(15)23/h6,14,16-17,24-25H,5,7-12H2,1-4H3/b13-6-/t14-,16-,17-,21+,22+/m0/s1. The second-order valence-electron chi connectivity index (χ2n) is 9.88. The Kier molecular flexibility index (Phi) is 4.37. The van der Waals surface area contributed by atoms with Crippen LogP contribution in [0.2, 0.25) is 0 Å². The van der Waals surface area contributed by atoms with Crippen LogP contribution in [0.1, 0.15) is 66.2 Å². The minimum absolute atomic E-state index is 0.0769. The number of rotatable bonds is 4. The first-order chi connectivity index (χ1) is 12.5. The number of ether oxygens (including phenoxy) is 2. The van der Waals surface area contributed by atoms with Crippen molar-refractivity contribution in [2.75, 3.05) is 6.61 Å². The Balaban J connectivity index is 1.56. The van der Waals surface area contributed by atoms with Gasteiger partial charge in [-0.1, -0.05) is 11.6 Å². The van der Waals surface area contributed by atoms with Crippen molar-refractivity contribution in [3.05, 3.63) is 23.0 Å². The fourth-order valence-electron chi connectivity index (χ4n) is 5.46. The highest BCUT2D eigenvalue weighted by molar-refractivity contribution is 6.04. The molecule has 5 heteroatoms. The molecule has 27 heavy (non-hydrogen) atoms. The van der Waals surface area contributed by atoms with E-state index in [1.54, 1.807) is 0 Å². The molecule has 4 aliphatic rings. The van der Waals surface area contributed by atoms with Crippen LogP contribution in [0.3, 0.4) is 0 Å². The predicted molar refractivity (Wildman–Crippen MR) is 101 cm³/mol. The summed E-state index contributed by atoms with van der Waals surface area (Å²) in [5, 5.41) is 20.5. The summed E-state index contributed by atoms with van der Waals surface area (Å²) in [6.45, 7) is 8.07. The summed E-state index contributed by atoms with van der Waals surface area (Å²) >= 11 is 0. The molecular weight excluding hydrogens is 344 g/mol. The first-order valence-electron chi connectivity index (χ1n) is 10.2. The average molecular weight is 376 g/mol. The fraction of sp³-hybridized carbons (Fsp3) is 0.773. The molecule has 0 spiro atoms. The van der Waals surface area contributed by atoms with Gasteiger partial charge in [-0.25, -0.2) is 0 Å². The predicted octanol–water partition coefficient (Wildman–Crippen LogP) is 3.05. The van der Waals surface area contributed by atoms with Crippen molar-refractivity contribution in [2.45, 2.75) is 89.1 Å². The van der Waals surface area contributed by atoms with E-state index in [9.17, 15) is 15.0 Å². The van der Waals surface area contributed by atoms with Gasteiger partial charge in [0.05, 0.1) is 12.2 Å². The largest absolute Gasteiger partial charge is 0.488 e. The smallest absolute Gasteiger partial charge is 0.196 e. The van der Waals surface area contributed by atoms with E-state index in [2.05, 4.69) is 19.9 Å². The summed E-state index contributed by atoms with van der Waals surface area (Å²) in [7, 11) is 0. The normalized spacial score (nSPS) is 41.5. The number of carbonyl (C=O) groups is 1. The number of allylic oxidation sites excluding steroid dienone is 2. The first-order valence-corrected chi connectivity index (χ1v) is 10.2. The summed E-state index contributed by atoms with van der Waals surface area (Å²) in [6, 6.07) is 0. The van der Waals surface area contributed by atoms with Crippen molar-refractivity contribution in [2.24, 2.45) is 11.8 Å². The van der Waals surface area contributed by atoms with Crippen LogP contribution in [-0.4, -0.2) is 45.5 Å². The van der Waals surface area contributed by atoms with Crippen LogP contribution >= 0.6 is 0 Å². The molecule has 5 atom stereocenters. The number of hydrogen-bond acceptors (Lipinski definition) is 5. The second kappa shape index (κ2) is 6.16. The highest BCUT2D eigenvalue weighted by Crippen LogP contribution is 2.55. The van der Waals surface area contributed by atoms with Gasteiger partial charge in [-0.15, -0.1) is 0 Å². The van der Waals surface area contributed by atoms with Crippen molar-refractivity contribution in [1.29, 1.82) is 0 Å². The molecule has 0 aromatic heterocycles. The summed E-state index contributed by atoms with van der Waals surface area (Å²) < 4.78 is 12.1. The van der Waals surface area contributed by atoms with E-state index in [-0.39, 0.29) is 30.0 Å². The molecule has 2 aliphatic heterocycles. The zero-order valence-corrected chi connectivity index (χ0v) is 16.9. The van der Waals surface area contributed by atoms with E-state index in [1.165, 1.54) is 5.57 Å². The lowest BCUT2D eigenvalue weighted by molar-refractivity contribution is -0.136. The van der Waals surface area contributed by atoms with Gasteiger partial charge in [0, 0.05) is 17.9 Å². The molecule has 150 valence electrons. The van der Waals surface area contributed by atoms with Crippen LogP contribution in [0.4, 0.5) is 0 Å². The lowest BCUT2D eigenvalue weighted by Crippen LogP contribution is -2.49. The highest BCUT2D eigenvalue weighted by atomic mass is 16.6. The van der Waals surface area contributed by atoms with Crippen molar-refractivity contribution < 1.29 is 24.5 Å². The van der Waals surface area contributed by atoms with Gasteiger partial charge in [-0.3, -0.25) is 4.79 Å². The molecule has 0 amide bonds. The van der Waals surface area contributed by atoms with Gasteiger partial charge in [0.25, 0.3) is 0 Å². The van der Waals surface area contributed by atoms with E-state index >= 15 is 0 Å². The van der Waals surface area contributed by atoms with Gasteiger partial charge in [0.15, 0.2) is 11.4 Å². The molecule has 0 radical (unpaired) electrons. The highest BCUT2D eigenvalue weighted by Gasteiger charge is 2.59. The van der Waals surface area contributed by atoms with Crippen LogP contribution in [0.25, 0.3) is 0 Å². The van der Waals surface area contributed by atoms with Crippen LogP contribution in [0.5, 0.6) is 0 Å². The molecule has 1 saturated carbocycles. The average Bonchev–Trinajstić information content (AvgIpc) is 3.10. The minimum atomic E-state index is -1.35. The van der Waals surface area contributed by atoms with E-state index in [0.29, 0.717) is 30.1 Å². The van der Waals surface area contributed by atoms with Gasteiger partial charge in [-0.2, -0.15) is 0 Å². The third-order valence-corrected chi connectivity index (χ3v) is 7.13. The first kappa shape index (κ1) is 19.2. The maximum atomic E-state index is 12.9. The van der Waals surface area contributed by atoms with Gasteiger partial charge < -0.3 is 19.7 Å². The molecule has 4 rings (SSSR count). The molecule has 2 fully saturated rings. The van der Waals surface area contributed by atoms with Crippen molar-refractivity contribution in [3.8, 4) is 0 Å². The van der Waals surface area contributed by atoms with E-state index in [1.807, 2.05) is 13.8 Å². The molecule has 2 N–H and O–H groups in total. The molecule has 2 bridgehead atoms. The van der Waals surface area contributed by atoms with E-state index in [4.69, 9.17) is 9.47 Å². The Hall–Kier alpha value is -1.17. The third kappa shape index (κ3) is 3.18.